The molecular formula is C24H28N2O3. The van der Waals surface area contributed by atoms with Gasteiger partial charge in [0.05, 0.1) is 18.1 Å². The molecule has 2 N–H and O–H groups in total. The van der Waals surface area contributed by atoms with Crippen LogP contribution in [0.2, 0.25) is 0 Å². The van der Waals surface area contributed by atoms with Crippen LogP contribution in [0.3, 0.4) is 0 Å². The van der Waals surface area contributed by atoms with Crippen molar-refractivity contribution in [2.75, 3.05) is 24.6 Å². The Morgan fingerprint density at radius 2 is 1.83 bits per heavy atom. The largest absolute Gasteiger partial charge is 0.462 e. The first-order valence-corrected chi connectivity index (χ1v) is 10.1. The number of carbonyl (C=O) groups is 2. The third kappa shape index (κ3) is 4.67. The first kappa shape index (κ1) is 20.6. The summed E-state index contributed by atoms with van der Waals surface area (Å²) in [5.74, 6) is -1.35. The highest BCUT2D eigenvalue weighted by Crippen LogP contribution is 2.38. The van der Waals surface area contributed by atoms with Crippen LogP contribution < -0.4 is 10.6 Å². The van der Waals surface area contributed by atoms with Gasteiger partial charge in [-0.05, 0) is 48.6 Å². The zero-order valence-corrected chi connectivity index (χ0v) is 17.0. The van der Waals surface area contributed by atoms with Crippen molar-refractivity contribution in [3.05, 3.63) is 77.4 Å². The summed E-state index contributed by atoms with van der Waals surface area (Å²) < 4.78 is 5.03. The van der Waals surface area contributed by atoms with Crippen molar-refractivity contribution >= 4 is 17.6 Å². The fraction of sp³-hybridized carbons (Fsp3) is 0.333. The van der Waals surface area contributed by atoms with Gasteiger partial charge in [0, 0.05) is 18.8 Å². The molecule has 152 valence electrons. The molecule has 2 aromatic carbocycles. The van der Waals surface area contributed by atoms with E-state index in [1.165, 1.54) is 0 Å². The van der Waals surface area contributed by atoms with Gasteiger partial charge < -0.3 is 15.4 Å². The Labute approximate surface area is 172 Å². The number of rotatable bonds is 7. The van der Waals surface area contributed by atoms with Gasteiger partial charge in [-0.25, -0.2) is 4.79 Å². The van der Waals surface area contributed by atoms with E-state index in [2.05, 4.69) is 29.2 Å². The number of primary amides is 1. The molecule has 0 saturated carbocycles. The summed E-state index contributed by atoms with van der Waals surface area (Å²) in [7, 11) is 0. The lowest BCUT2D eigenvalue weighted by Crippen LogP contribution is -2.30. The molecule has 0 fully saturated rings. The van der Waals surface area contributed by atoms with Gasteiger partial charge in [0.15, 0.2) is 0 Å². The van der Waals surface area contributed by atoms with Crippen LogP contribution in [0.1, 0.15) is 53.6 Å². The normalized spacial score (nSPS) is 15.6. The lowest BCUT2D eigenvalue weighted by atomic mass is 9.81. The van der Waals surface area contributed by atoms with Crippen LogP contribution in [-0.2, 0) is 9.53 Å². The van der Waals surface area contributed by atoms with E-state index >= 15 is 0 Å². The van der Waals surface area contributed by atoms with E-state index in [9.17, 15) is 9.59 Å². The molecule has 2 aromatic rings. The predicted molar refractivity (Wildman–Crippen MR) is 115 cm³/mol. The quantitative estimate of drug-likeness (QED) is 0.571. The Bertz CT molecular complexity index is 889. The third-order valence-corrected chi connectivity index (χ3v) is 5.41. The number of para-hydroxylation sites is 1. The van der Waals surface area contributed by atoms with Gasteiger partial charge >= 0.3 is 5.97 Å². The minimum atomic E-state index is -0.493. The number of nitrogens with two attached hydrogens (primary N) is 1. The number of anilines is 1. The fourth-order valence-corrected chi connectivity index (χ4v) is 3.94. The summed E-state index contributed by atoms with van der Waals surface area (Å²) in [5.41, 5.74) is 9.32. The van der Waals surface area contributed by atoms with E-state index < -0.39 is 5.92 Å². The van der Waals surface area contributed by atoms with Crippen LogP contribution in [-0.4, -0.2) is 31.6 Å². The fourth-order valence-electron chi connectivity index (χ4n) is 3.94. The van der Waals surface area contributed by atoms with E-state index in [0.717, 1.165) is 36.3 Å². The standard InChI is InChI=1S/C24H28N2O3/c1-3-29-24(28)19-13-11-18(12-14-19)22(23(25)27)17(2)20-9-5-6-10-21(20)26-15-7-4-8-16-26/h4-7,9-14,17,22H,3,8,15-16H2,1-2H3,(H2,25,27). The predicted octanol–water partition coefficient (Wildman–Crippen LogP) is 4.00. The highest BCUT2D eigenvalue weighted by Gasteiger charge is 2.29. The van der Waals surface area contributed by atoms with Gasteiger partial charge in [0.1, 0.15) is 0 Å². The van der Waals surface area contributed by atoms with Gasteiger partial charge in [0.25, 0.3) is 0 Å². The topological polar surface area (TPSA) is 72.6 Å². The van der Waals surface area contributed by atoms with Crippen LogP contribution in [0.25, 0.3) is 0 Å². The van der Waals surface area contributed by atoms with Crippen molar-refractivity contribution in [2.45, 2.75) is 32.1 Å². The maximum absolute atomic E-state index is 12.4. The Morgan fingerprint density at radius 3 is 2.45 bits per heavy atom. The van der Waals surface area contributed by atoms with Crippen molar-refractivity contribution in [1.29, 1.82) is 0 Å². The number of esters is 1. The lowest BCUT2D eigenvalue weighted by molar-refractivity contribution is -0.119. The van der Waals surface area contributed by atoms with Crippen molar-refractivity contribution < 1.29 is 14.3 Å². The molecule has 0 aliphatic carbocycles. The summed E-state index contributed by atoms with van der Waals surface area (Å²) in [5, 5.41) is 0. The second kappa shape index (κ2) is 9.41. The number of nitrogens with zero attached hydrogens (tertiary/aromatic N) is 1. The molecule has 0 aromatic heterocycles. The zero-order chi connectivity index (χ0) is 20.8. The number of hydrogen-bond acceptors (Lipinski definition) is 4. The Balaban J connectivity index is 1.91. The second-order valence-corrected chi connectivity index (χ2v) is 7.28. The van der Waals surface area contributed by atoms with E-state index in [1.54, 1.807) is 31.2 Å². The average molecular weight is 392 g/mol. The maximum Gasteiger partial charge on any atom is 0.338 e. The molecule has 0 saturated heterocycles. The smallest absolute Gasteiger partial charge is 0.338 e. The van der Waals surface area contributed by atoms with E-state index in [4.69, 9.17) is 10.5 Å². The molecule has 3 rings (SSSR count). The van der Waals surface area contributed by atoms with Crippen molar-refractivity contribution in [1.82, 2.24) is 0 Å². The Morgan fingerprint density at radius 1 is 1.10 bits per heavy atom. The van der Waals surface area contributed by atoms with Crippen LogP contribution in [0.5, 0.6) is 0 Å². The average Bonchev–Trinajstić information content (AvgIpc) is 2.75. The lowest BCUT2D eigenvalue weighted by Gasteiger charge is -2.31. The summed E-state index contributed by atoms with van der Waals surface area (Å²) in [4.78, 5) is 26.7. The van der Waals surface area contributed by atoms with E-state index in [0.29, 0.717) is 12.2 Å². The Hall–Kier alpha value is -3.08. The van der Waals surface area contributed by atoms with Crippen LogP contribution >= 0.6 is 0 Å². The highest BCUT2D eigenvalue weighted by molar-refractivity contribution is 5.90. The summed E-state index contributed by atoms with van der Waals surface area (Å²) in [6.07, 6.45) is 5.38. The van der Waals surface area contributed by atoms with Gasteiger partial charge in [-0.3, -0.25) is 4.79 Å². The molecule has 1 aliphatic rings. The van der Waals surface area contributed by atoms with Crippen molar-refractivity contribution in [2.24, 2.45) is 5.73 Å². The number of benzene rings is 2. The minimum absolute atomic E-state index is 0.108. The molecule has 29 heavy (non-hydrogen) atoms. The molecule has 1 aliphatic heterocycles. The molecule has 2 unspecified atom stereocenters. The number of carbonyl (C=O) groups excluding carboxylic acids is 2. The monoisotopic (exact) mass is 392 g/mol. The summed E-state index contributed by atoms with van der Waals surface area (Å²) in [6, 6.07) is 15.2. The molecule has 2 atom stereocenters. The first-order valence-electron chi connectivity index (χ1n) is 10.1. The molecule has 0 spiro atoms. The Kier molecular flexibility index (Phi) is 6.70. The van der Waals surface area contributed by atoms with Gasteiger partial charge in [-0.15, -0.1) is 0 Å². The second-order valence-electron chi connectivity index (χ2n) is 7.28. The molecule has 1 amide bonds. The molecular weight excluding hydrogens is 364 g/mol. The third-order valence-electron chi connectivity index (χ3n) is 5.41. The highest BCUT2D eigenvalue weighted by atomic mass is 16.5. The molecule has 0 radical (unpaired) electrons. The van der Waals surface area contributed by atoms with Crippen LogP contribution in [0.4, 0.5) is 5.69 Å². The van der Waals surface area contributed by atoms with Gasteiger partial charge in [-0.2, -0.15) is 0 Å². The SMILES string of the molecule is CCOC(=O)c1ccc(C(C(N)=O)C(C)c2ccccc2N2CC=CCC2)cc1. The summed E-state index contributed by atoms with van der Waals surface area (Å²) >= 11 is 0. The first-order chi connectivity index (χ1) is 14.0. The number of hydrogen-bond donors (Lipinski definition) is 1. The van der Waals surface area contributed by atoms with Gasteiger partial charge in [0.2, 0.25) is 5.91 Å². The van der Waals surface area contributed by atoms with Crippen LogP contribution in [0.15, 0.2) is 60.7 Å². The molecule has 5 heteroatoms. The van der Waals surface area contributed by atoms with Crippen molar-refractivity contribution in [3.63, 3.8) is 0 Å². The van der Waals surface area contributed by atoms with Crippen LogP contribution in [0, 0.1) is 0 Å². The maximum atomic E-state index is 12.4. The number of amides is 1. The molecule has 1 heterocycles. The molecule has 0 bridgehead atoms. The van der Waals surface area contributed by atoms with Crippen molar-refractivity contribution in [3.8, 4) is 0 Å². The minimum Gasteiger partial charge on any atom is -0.462 e. The zero-order valence-electron chi connectivity index (χ0n) is 17.0. The van der Waals surface area contributed by atoms with E-state index in [1.807, 2.05) is 19.1 Å². The van der Waals surface area contributed by atoms with E-state index in [-0.39, 0.29) is 17.8 Å². The van der Waals surface area contributed by atoms with Gasteiger partial charge in [-0.1, -0.05) is 49.4 Å². The summed E-state index contributed by atoms with van der Waals surface area (Å²) in [6.45, 7) is 5.94. The molecule has 5 nitrogen and oxygen atoms in total. The number of ether oxygens (including phenoxy) is 1.